The van der Waals surface area contributed by atoms with E-state index in [1.54, 1.807) is 18.0 Å². The van der Waals surface area contributed by atoms with Gasteiger partial charge in [0, 0.05) is 19.0 Å². The molecule has 1 aromatic rings. The Bertz CT molecular complexity index is 468. The Labute approximate surface area is 107 Å². The summed E-state index contributed by atoms with van der Waals surface area (Å²) in [4.78, 5) is 13.9. The molecule has 1 aromatic carbocycles. The third-order valence-corrected chi connectivity index (χ3v) is 3.54. The number of fused-ring (bicyclic) bond motifs is 1. The standard InChI is InChI=1S/C14H19NO3/c1-14(2,9-16)15(3)13(17)11-4-5-12-10(8-11)6-7-18-12/h4-5,8,16H,6-7,9H2,1-3H3. The molecule has 0 bridgehead atoms. The number of hydrogen-bond acceptors (Lipinski definition) is 3. The van der Waals surface area contributed by atoms with Crippen LogP contribution in [0.25, 0.3) is 0 Å². The Morgan fingerprint density at radius 2 is 2.22 bits per heavy atom. The highest BCUT2D eigenvalue weighted by atomic mass is 16.5. The fourth-order valence-electron chi connectivity index (χ4n) is 1.89. The number of likely N-dealkylation sites (N-methyl/N-ethyl adjacent to an activating group) is 1. The zero-order chi connectivity index (χ0) is 13.3. The van der Waals surface area contributed by atoms with Gasteiger partial charge in [0.2, 0.25) is 0 Å². The zero-order valence-corrected chi connectivity index (χ0v) is 11.1. The van der Waals surface area contributed by atoms with Crippen LogP contribution < -0.4 is 4.74 Å². The zero-order valence-electron chi connectivity index (χ0n) is 11.1. The maximum absolute atomic E-state index is 12.3. The highest BCUT2D eigenvalue weighted by molar-refractivity contribution is 5.95. The summed E-state index contributed by atoms with van der Waals surface area (Å²) in [6, 6.07) is 5.50. The highest BCUT2D eigenvalue weighted by Gasteiger charge is 2.28. The molecule has 0 unspecified atom stereocenters. The number of carbonyl (C=O) groups excluding carboxylic acids is 1. The summed E-state index contributed by atoms with van der Waals surface area (Å²) in [6.07, 6.45) is 0.851. The fraction of sp³-hybridized carbons (Fsp3) is 0.500. The van der Waals surface area contributed by atoms with Gasteiger partial charge in [-0.2, -0.15) is 0 Å². The maximum atomic E-state index is 12.3. The van der Waals surface area contributed by atoms with Crippen LogP contribution in [0.1, 0.15) is 29.8 Å². The highest BCUT2D eigenvalue weighted by Crippen LogP contribution is 2.27. The van der Waals surface area contributed by atoms with Gasteiger partial charge in [0.15, 0.2) is 0 Å². The summed E-state index contributed by atoms with van der Waals surface area (Å²) in [5, 5.41) is 9.30. The number of rotatable bonds is 3. The Balaban J connectivity index is 2.24. The van der Waals surface area contributed by atoms with Crippen LogP contribution >= 0.6 is 0 Å². The van der Waals surface area contributed by atoms with Gasteiger partial charge in [-0.3, -0.25) is 4.79 Å². The van der Waals surface area contributed by atoms with E-state index in [-0.39, 0.29) is 12.5 Å². The molecule has 0 saturated carbocycles. The number of nitrogens with zero attached hydrogens (tertiary/aromatic N) is 1. The molecule has 0 saturated heterocycles. The summed E-state index contributed by atoms with van der Waals surface area (Å²) in [7, 11) is 1.71. The van der Waals surface area contributed by atoms with Gasteiger partial charge in [0.1, 0.15) is 5.75 Å². The van der Waals surface area contributed by atoms with Crippen LogP contribution in [0.3, 0.4) is 0 Å². The summed E-state index contributed by atoms with van der Waals surface area (Å²) < 4.78 is 5.42. The molecule has 2 rings (SSSR count). The van der Waals surface area contributed by atoms with Crippen LogP contribution in [-0.4, -0.2) is 41.7 Å². The Morgan fingerprint density at radius 1 is 1.50 bits per heavy atom. The van der Waals surface area contributed by atoms with E-state index in [4.69, 9.17) is 4.74 Å². The number of carbonyl (C=O) groups is 1. The average molecular weight is 249 g/mol. The van der Waals surface area contributed by atoms with Crippen molar-refractivity contribution in [1.82, 2.24) is 4.90 Å². The van der Waals surface area contributed by atoms with Crippen LogP contribution in [0.15, 0.2) is 18.2 Å². The summed E-state index contributed by atoms with van der Waals surface area (Å²) in [5.74, 6) is 0.791. The second-order valence-corrected chi connectivity index (χ2v) is 5.26. The SMILES string of the molecule is CN(C(=O)c1ccc2c(c1)CCO2)C(C)(C)CO. The van der Waals surface area contributed by atoms with E-state index in [0.29, 0.717) is 12.2 Å². The van der Waals surface area contributed by atoms with E-state index in [9.17, 15) is 9.90 Å². The van der Waals surface area contributed by atoms with Crippen LogP contribution in [0.5, 0.6) is 5.75 Å². The normalized spacial score (nSPS) is 14.0. The van der Waals surface area contributed by atoms with Crippen LogP contribution in [-0.2, 0) is 6.42 Å². The molecule has 1 amide bonds. The van der Waals surface area contributed by atoms with Crippen molar-refractivity contribution in [1.29, 1.82) is 0 Å². The van der Waals surface area contributed by atoms with E-state index in [1.807, 2.05) is 26.0 Å². The number of ether oxygens (including phenoxy) is 1. The first-order valence-electron chi connectivity index (χ1n) is 6.10. The van der Waals surface area contributed by atoms with Crippen molar-refractivity contribution in [3.63, 3.8) is 0 Å². The largest absolute Gasteiger partial charge is 0.493 e. The molecule has 0 radical (unpaired) electrons. The molecular formula is C14H19NO3. The third kappa shape index (κ3) is 2.20. The minimum absolute atomic E-state index is 0.0662. The van der Waals surface area contributed by atoms with Crippen LogP contribution in [0.2, 0.25) is 0 Å². The Hall–Kier alpha value is -1.55. The quantitative estimate of drug-likeness (QED) is 0.882. The Kier molecular flexibility index (Phi) is 3.30. The monoisotopic (exact) mass is 249 g/mol. The number of aliphatic hydroxyl groups excluding tert-OH is 1. The lowest BCUT2D eigenvalue weighted by atomic mass is 10.0. The molecule has 1 N–H and O–H groups in total. The summed E-state index contributed by atoms with van der Waals surface area (Å²) in [5.41, 5.74) is 1.16. The van der Waals surface area contributed by atoms with Crippen molar-refractivity contribution in [2.75, 3.05) is 20.3 Å². The molecule has 0 atom stereocenters. The molecule has 1 aliphatic heterocycles. The topological polar surface area (TPSA) is 49.8 Å². The molecule has 4 heteroatoms. The van der Waals surface area contributed by atoms with Crippen LogP contribution in [0, 0.1) is 0 Å². The maximum Gasteiger partial charge on any atom is 0.254 e. The van der Waals surface area contributed by atoms with Gasteiger partial charge in [0.25, 0.3) is 5.91 Å². The van der Waals surface area contributed by atoms with Crippen molar-refractivity contribution in [2.24, 2.45) is 0 Å². The lowest BCUT2D eigenvalue weighted by Gasteiger charge is -2.34. The average Bonchev–Trinajstić information content (AvgIpc) is 2.84. The van der Waals surface area contributed by atoms with E-state index in [0.717, 1.165) is 17.7 Å². The summed E-state index contributed by atoms with van der Waals surface area (Å²) >= 11 is 0. The van der Waals surface area contributed by atoms with E-state index in [2.05, 4.69) is 0 Å². The van der Waals surface area contributed by atoms with Gasteiger partial charge in [-0.15, -0.1) is 0 Å². The van der Waals surface area contributed by atoms with E-state index in [1.165, 1.54) is 0 Å². The molecular weight excluding hydrogens is 230 g/mol. The molecule has 98 valence electrons. The second-order valence-electron chi connectivity index (χ2n) is 5.26. The van der Waals surface area contributed by atoms with Gasteiger partial charge in [-0.05, 0) is 37.6 Å². The predicted octanol–water partition coefficient (Wildman–Crippen LogP) is 1.46. The molecule has 1 heterocycles. The first kappa shape index (κ1) is 12.9. The van der Waals surface area contributed by atoms with Crippen LogP contribution in [0.4, 0.5) is 0 Å². The lowest BCUT2D eigenvalue weighted by Crippen LogP contribution is -2.47. The molecule has 1 aliphatic rings. The van der Waals surface area contributed by atoms with Gasteiger partial charge < -0.3 is 14.7 Å². The fourth-order valence-corrected chi connectivity index (χ4v) is 1.89. The predicted molar refractivity (Wildman–Crippen MR) is 68.9 cm³/mol. The van der Waals surface area contributed by atoms with Crippen molar-refractivity contribution in [2.45, 2.75) is 25.8 Å². The van der Waals surface area contributed by atoms with Crippen molar-refractivity contribution in [3.8, 4) is 5.75 Å². The minimum atomic E-state index is -0.563. The number of aliphatic hydroxyl groups is 1. The molecule has 0 aliphatic carbocycles. The van der Waals surface area contributed by atoms with E-state index < -0.39 is 5.54 Å². The van der Waals surface area contributed by atoms with Gasteiger partial charge in [-0.1, -0.05) is 0 Å². The molecule has 18 heavy (non-hydrogen) atoms. The first-order chi connectivity index (χ1) is 8.45. The van der Waals surface area contributed by atoms with Crippen molar-refractivity contribution < 1.29 is 14.6 Å². The molecule has 0 aromatic heterocycles. The third-order valence-electron chi connectivity index (χ3n) is 3.54. The van der Waals surface area contributed by atoms with Crippen molar-refractivity contribution in [3.05, 3.63) is 29.3 Å². The second kappa shape index (κ2) is 4.61. The smallest absolute Gasteiger partial charge is 0.254 e. The van der Waals surface area contributed by atoms with Gasteiger partial charge in [-0.25, -0.2) is 0 Å². The van der Waals surface area contributed by atoms with Crippen molar-refractivity contribution >= 4 is 5.91 Å². The van der Waals surface area contributed by atoms with Gasteiger partial charge >= 0.3 is 0 Å². The Morgan fingerprint density at radius 3 is 2.89 bits per heavy atom. The van der Waals surface area contributed by atoms with E-state index >= 15 is 0 Å². The first-order valence-corrected chi connectivity index (χ1v) is 6.10. The minimum Gasteiger partial charge on any atom is -0.493 e. The molecule has 4 nitrogen and oxygen atoms in total. The summed E-state index contributed by atoms with van der Waals surface area (Å²) in [6.45, 7) is 4.29. The molecule has 0 spiro atoms. The number of benzene rings is 1. The van der Waals surface area contributed by atoms with Gasteiger partial charge in [0.05, 0.1) is 18.8 Å². The lowest BCUT2D eigenvalue weighted by molar-refractivity contribution is 0.0473. The molecule has 0 fully saturated rings. The number of hydrogen-bond donors (Lipinski definition) is 1. The number of amides is 1.